The zero-order valence-electron chi connectivity index (χ0n) is 10.5. The van der Waals surface area contributed by atoms with Crippen LogP contribution in [0.25, 0.3) is 0 Å². The first kappa shape index (κ1) is 13.1. The molecule has 0 saturated heterocycles. The number of hydrogen-bond donors (Lipinski definition) is 1. The van der Waals surface area contributed by atoms with E-state index >= 15 is 0 Å². The summed E-state index contributed by atoms with van der Waals surface area (Å²) in [6.45, 7) is 4.94. The van der Waals surface area contributed by atoms with Crippen LogP contribution in [0.15, 0.2) is 24.3 Å². The molecule has 0 bridgehead atoms. The van der Waals surface area contributed by atoms with Crippen molar-refractivity contribution in [2.45, 2.75) is 32.9 Å². The number of hydrogen-bond acceptors (Lipinski definition) is 4. The monoisotopic (exact) mass is 265 g/mol. The van der Waals surface area contributed by atoms with Crippen molar-refractivity contribution in [3.8, 4) is 0 Å². The largest absolute Gasteiger partial charge is 0.308 e. The molecule has 3 nitrogen and oxygen atoms in total. The maximum Gasteiger partial charge on any atom is 0.131 e. The van der Waals surface area contributed by atoms with Gasteiger partial charge in [0.15, 0.2) is 0 Å². The highest BCUT2D eigenvalue weighted by molar-refractivity contribution is 7.11. The van der Waals surface area contributed by atoms with Crippen molar-refractivity contribution in [3.63, 3.8) is 0 Å². The summed E-state index contributed by atoms with van der Waals surface area (Å²) in [6.07, 6.45) is 0.708. The molecular weight excluding hydrogens is 249 g/mol. The molecule has 0 aliphatic rings. The van der Waals surface area contributed by atoms with Crippen LogP contribution in [0.3, 0.4) is 0 Å². The van der Waals surface area contributed by atoms with Crippen molar-refractivity contribution in [1.82, 2.24) is 15.5 Å². The lowest BCUT2D eigenvalue weighted by atomic mass is 10.2. The average Bonchev–Trinajstić information content (AvgIpc) is 2.77. The van der Waals surface area contributed by atoms with E-state index in [0.29, 0.717) is 12.5 Å². The van der Waals surface area contributed by atoms with E-state index in [-0.39, 0.29) is 5.82 Å². The molecule has 1 heterocycles. The minimum Gasteiger partial charge on any atom is -0.308 e. The molecule has 18 heavy (non-hydrogen) atoms. The molecule has 1 aromatic carbocycles. The van der Waals surface area contributed by atoms with E-state index in [9.17, 15) is 4.39 Å². The van der Waals surface area contributed by atoms with Gasteiger partial charge in [0.1, 0.15) is 15.8 Å². The molecule has 0 spiro atoms. The van der Waals surface area contributed by atoms with Gasteiger partial charge in [-0.2, -0.15) is 0 Å². The van der Waals surface area contributed by atoms with E-state index < -0.39 is 0 Å². The Labute approximate surface area is 110 Å². The second kappa shape index (κ2) is 6.02. The van der Waals surface area contributed by atoms with Gasteiger partial charge in [-0.15, -0.1) is 10.2 Å². The standard InChI is InChI=1S/C13H16FN3S/c1-9(2)15-8-13-17-16-12(18-13)7-10-3-5-11(14)6-4-10/h3-6,9,15H,7-8H2,1-2H3. The molecule has 0 radical (unpaired) electrons. The topological polar surface area (TPSA) is 37.8 Å². The van der Waals surface area contributed by atoms with Crippen LogP contribution in [0.4, 0.5) is 4.39 Å². The highest BCUT2D eigenvalue weighted by Gasteiger charge is 2.05. The van der Waals surface area contributed by atoms with Crippen LogP contribution < -0.4 is 5.32 Å². The first-order valence-corrected chi connectivity index (χ1v) is 6.74. The van der Waals surface area contributed by atoms with Gasteiger partial charge in [0.2, 0.25) is 0 Å². The van der Waals surface area contributed by atoms with Crippen molar-refractivity contribution in [1.29, 1.82) is 0 Å². The maximum absolute atomic E-state index is 12.8. The summed E-state index contributed by atoms with van der Waals surface area (Å²) in [5.41, 5.74) is 1.05. The predicted octanol–water partition coefficient (Wildman–Crippen LogP) is 2.77. The molecule has 0 amide bonds. The number of halogens is 1. The van der Waals surface area contributed by atoms with Gasteiger partial charge in [0.05, 0.1) is 0 Å². The molecule has 1 N–H and O–H groups in total. The molecule has 0 saturated carbocycles. The average molecular weight is 265 g/mol. The van der Waals surface area contributed by atoms with E-state index in [4.69, 9.17) is 0 Å². The summed E-state index contributed by atoms with van der Waals surface area (Å²) in [6, 6.07) is 6.94. The second-order valence-electron chi connectivity index (χ2n) is 4.43. The van der Waals surface area contributed by atoms with Crippen molar-refractivity contribution in [2.24, 2.45) is 0 Å². The molecule has 0 aliphatic carbocycles. The van der Waals surface area contributed by atoms with Crippen LogP contribution in [0.1, 0.15) is 29.4 Å². The molecule has 0 fully saturated rings. The van der Waals surface area contributed by atoms with E-state index in [1.807, 2.05) is 0 Å². The zero-order chi connectivity index (χ0) is 13.0. The molecule has 1 aromatic heterocycles. The predicted molar refractivity (Wildman–Crippen MR) is 71.1 cm³/mol. The van der Waals surface area contributed by atoms with Gasteiger partial charge >= 0.3 is 0 Å². The Bertz CT molecular complexity index is 493. The molecule has 2 rings (SSSR count). The van der Waals surface area contributed by atoms with E-state index in [0.717, 1.165) is 22.1 Å². The van der Waals surface area contributed by atoms with Crippen molar-refractivity contribution >= 4 is 11.3 Å². The third-order valence-electron chi connectivity index (χ3n) is 2.44. The minimum absolute atomic E-state index is 0.210. The molecule has 96 valence electrons. The zero-order valence-corrected chi connectivity index (χ0v) is 11.3. The summed E-state index contributed by atoms with van der Waals surface area (Å²) < 4.78 is 12.8. The van der Waals surface area contributed by atoms with Gasteiger partial charge < -0.3 is 5.32 Å². The van der Waals surface area contributed by atoms with Crippen LogP contribution in [-0.4, -0.2) is 16.2 Å². The van der Waals surface area contributed by atoms with E-state index in [1.165, 1.54) is 12.1 Å². The Morgan fingerprint density at radius 3 is 2.50 bits per heavy atom. The van der Waals surface area contributed by atoms with Gasteiger partial charge in [0, 0.05) is 19.0 Å². The summed E-state index contributed by atoms with van der Waals surface area (Å²) in [4.78, 5) is 0. The fourth-order valence-corrected chi connectivity index (χ4v) is 2.33. The number of nitrogens with one attached hydrogen (secondary N) is 1. The fourth-order valence-electron chi connectivity index (χ4n) is 1.50. The van der Waals surface area contributed by atoms with Gasteiger partial charge in [0.25, 0.3) is 0 Å². The molecular formula is C13H16FN3S. The van der Waals surface area contributed by atoms with Crippen LogP contribution in [0.5, 0.6) is 0 Å². The van der Waals surface area contributed by atoms with Crippen LogP contribution >= 0.6 is 11.3 Å². The number of benzene rings is 1. The molecule has 5 heteroatoms. The number of rotatable bonds is 5. The molecule has 0 unspecified atom stereocenters. The van der Waals surface area contributed by atoms with Gasteiger partial charge in [-0.25, -0.2) is 4.39 Å². The normalized spacial score (nSPS) is 11.1. The van der Waals surface area contributed by atoms with E-state index in [2.05, 4.69) is 29.4 Å². The second-order valence-corrected chi connectivity index (χ2v) is 5.58. The van der Waals surface area contributed by atoms with Gasteiger partial charge in [-0.3, -0.25) is 0 Å². The van der Waals surface area contributed by atoms with Crippen molar-refractivity contribution < 1.29 is 4.39 Å². The first-order valence-electron chi connectivity index (χ1n) is 5.92. The third kappa shape index (κ3) is 3.85. The van der Waals surface area contributed by atoms with Crippen LogP contribution in [0.2, 0.25) is 0 Å². The Balaban J connectivity index is 1.95. The third-order valence-corrected chi connectivity index (χ3v) is 3.36. The smallest absolute Gasteiger partial charge is 0.131 e. The maximum atomic E-state index is 12.8. The lowest BCUT2D eigenvalue weighted by Crippen LogP contribution is -2.21. The number of nitrogens with zero attached hydrogens (tertiary/aromatic N) is 2. The van der Waals surface area contributed by atoms with Crippen LogP contribution in [-0.2, 0) is 13.0 Å². The van der Waals surface area contributed by atoms with Gasteiger partial charge in [-0.1, -0.05) is 37.3 Å². The Kier molecular flexibility index (Phi) is 4.38. The highest BCUT2D eigenvalue weighted by Crippen LogP contribution is 2.15. The number of aromatic nitrogens is 2. The van der Waals surface area contributed by atoms with E-state index in [1.54, 1.807) is 23.5 Å². The van der Waals surface area contributed by atoms with Crippen molar-refractivity contribution in [3.05, 3.63) is 45.7 Å². The Morgan fingerprint density at radius 2 is 1.83 bits per heavy atom. The quantitative estimate of drug-likeness (QED) is 0.903. The minimum atomic E-state index is -0.210. The Morgan fingerprint density at radius 1 is 1.17 bits per heavy atom. The lowest BCUT2D eigenvalue weighted by molar-refractivity contribution is 0.584. The molecule has 2 aromatic rings. The summed E-state index contributed by atoms with van der Waals surface area (Å²) in [5.74, 6) is -0.210. The fraction of sp³-hybridized carbons (Fsp3) is 0.385. The summed E-state index contributed by atoms with van der Waals surface area (Å²) in [5, 5.41) is 13.5. The lowest BCUT2D eigenvalue weighted by Gasteiger charge is -2.03. The SMILES string of the molecule is CC(C)NCc1nnc(Cc2ccc(F)cc2)s1. The summed E-state index contributed by atoms with van der Waals surface area (Å²) in [7, 11) is 0. The van der Waals surface area contributed by atoms with Crippen LogP contribution in [0, 0.1) is 5.82 Å². The first-order chi connectivity index (χ1) is 8.63. The Hall–Kier alpha value is -1.33. The highest BCUT2D eigenvalue weighted by atomic mass is 32.1. The van der Waals surface area contributed by atoms with Crippen molar-refractivity contribution in [2.75, 3.05) is 0 Å². The molecule has 0 aliphatic heterocycles. The van der Waals surface area contributed by atoms with Gasteiger partial charge in [-0.05, 0) is 17.7 Å². The summed E-state index contributed by atoms with van der Waals surface area (Å²) >= 11 is 1.60. The molecule has 0 atom stereocenters.